The van der Waals surface area contributed by atoms with Crippen molar-refractivity contribution in [3.63, 3.8) is 0 Å². The van der Waals surface area contributed by atoms with Crippen molar-refractivity contribution < 1.29 is 14.2 Å². The average molecular weight is 664 g/mol. The molecule has 0 spiro atoms. The smallest absolute Gasteiger partial charge is 0.332 e. The molecule has 0 aliphatic carbocycles. The molecule has 15 heteroatoms. The summed E-state index contributed by atoms with van der Waals surface area (Å²) in [5.74, 6) is 0.921. The minimum atomic E-state index is -0.548. The zero-order valence-electron chi connectivity index (χ0n) is 25.5. The van der Waals surface area contributed by atoms with Gasteiger partial charge >= 0.3 is 11.7 Å². The maximum Gasteiger partial charge on any atom is 0.332 e. The molecule has 0 saturated carbocycles. The number of ether oxygens (including phenoxy) is 3. The molecule has 5 aromatic rings. The first-order valence-electron chi connectivity index (χ1n) is 13.7. The number of hydrogen-bond donors (Lipinski definition) is 1. The first kappa shape index (κ1) is 32.2. The molecule has 0 saturated heterocycles. The summed E-state index contributed by atoms with van der Waals surface area (Å²) < 4.78 is 20.8. The number of nitrogens with one attached hydrogen (secondary N) is 1. The fraction of sp³-hybridized carbons (Fsp3) is 0.226. The van der Waals surface area contributed by atoms with E-state index in [9.17, 15) is 14.9 Å². The number of pyridine rings is 1. The van der Waals surface area contributed by atoms with Crippen molar-refractivity contribution in [3.8, 4) is 23.6 Å². The Hall–Kier alpha value is -5.16. The van der Waals surface area contributed by atoms with Crippen molar-refractivity contribution in [2.24, 2.45) is 19.2 Å². The van der Waals surface area contributed by atoms with E-state index in [1.54, 1.807) is 54.1 Å². The van der Waals surface area contributed by atoms with Gasteiger partial charge in [0, 0.05) is 42.5 Å². The average Bonchev–Trinajstić information content (AvgIpc) is 3.38. The lowest BCUT2D eigenvalue weighted by Gasteiger charge is -2.13. The van der Waals surface area contributed by atoms with Crippen LogP contribution in [0.2, 0.25) is 10.0 Å². The predicted octanol–water partition coefficient (Wildman–Crippen LogP) is 4.76. The highest BCUT2D eigenvalue weighted by atomic mass is 35.5. The Bertz CT molecular complexity index is 2160. The molecule has 0 aliphatic heterocycles. The van der Waals surface area contributed by atoms with Crippen LogP contribution in [-0.4, -0.2) is 44.1 Å². The highest BCUT2D eigenvalue weighted by Gasteiger charge is 2.22. The Kier molecular flexibility index (Phi) is 9.43. The van der Waals surface area contributed by atoms with Crippen molar-refractivity contribution in [2.75, 3.05) is 19.6 Å². The summed E-state index contributed by atoms with van der Waals surface area (Å²) in [5, 5.41) is 14.8. The molecule has 236 valence electrons. The van der Waals surface area contributed by atoms with Gasteiger partial charge in [-0.15, -0.1) is 0 Å². The number of nitriles is 1. The second-order valence-corrected chi connectivity index (χ2v) is 11.0. The number of fused-ring (bicyclic) bond motifs is 1. The predicted molar refractivity (Wildman–Crippen MR) is 174 cm³/mol. The Morgan fingerprint density at radius 1 is 1.02 bits per heavy atom. The summed E-state index contributed by atoms with van der Waals surface area (Å²) in [5.41, 5.74) is 5.05. The maximum absolute atomic E-state index is 13.3. The second kappa shape index (κ2) is 13.5. The fourth-order valence-corrected chi connectivity index (χ4v) is 5.27. The zero-order valence-corrected chi connectivity index (χ0v) is 27.0. The van der Waals surface area contributed by atoms with Gasteiger partial charge in [-0.1, -0.05) is 29.3 Å². The van der Waals surface area contributed by atoms with Gasteiger partial charge in [0.25, 0.3) is 5.56 Å². The molecule has 0 bridgehead atoms. The van der Waals surface area contributed by atoms with Crippen molar-refractivity contribution in [1.82, 2.24) is 23.7 Å². The number of aromatic nitrogens is 5. The van der Waals surface area contributed by atoms with Crippen LogP contribution in [0.25, 0.3) is 11.2 Å². The van der Waals surface area contributed by atoms with Gasteiger partial charge in [-0.3, -0.25) is 23.9 Å². The summed E-state index contributed by atoms with van der Waals surface area (Å²) in [4.78, 5) is 34.9. The normalized spacial score (nSPS) is 11.3. The highest BCUT2D eigenvalue weighted by molar-refractivity contribution is 6.35. The van der Waals surface area contributed by atoms with Crippen LogP contribution in [0.15, 0.2) is 57.2 Å². The number of anilines is 1. The van der Waals surface area contributed by atoms with Crippen molar-refractivity contribution in [2.45, 2.75) is 20.1 Å². The standard InChI is InChI=1S/C31H28Cl2N8O5/c1-17-10-20(16-44-4)22(13-34)27(36-17)38-35-14-18-6-9-24(25(11-18)45-5)46-30-37-28-26(29(42)40(3)31(43)39(28)2)41(30)15-19-7-8-21(32)12-23(19)33/h6-12,14H,15-16H2,1-5H3,(H,36,38). The molecular formula is C31H28Cl2N8O5. The van der Waals surface area contributed by atoms with Crippen molar-refractivity contribution in [3.05, 3.63) is 101 Å². The molecule has 3 heterocycles. The summed E-state index contributed by atoms with van der Waals surface area (Å²) >= 11 is 12.6. The van der Waals surface area contributed by atoms with Gasteiger partial charge in [0.05, 0.1) is 26.5 Å². The summed E-state index contributed by atoms with van der Waals surface area (Å²) in [7, 11) is 5.94. The quantitative estimate of drug-likeness (QED) is 0.165. The van der Waals surface area contributed by atoms with Crippen molar-refractivity contribution in [1.29, 1.82) is 5.26 Å². The molecule has 1 N–H and O–H groups in total. The molecule has 0 amide bonds. The number of hydrogen-bond acceptors (Lipinski definition) is 10. The molecule has 0 unspecified atom stereocenters. The Morgan fingerprint density at radius 2 is 1.80 bits per heavy atom. The first-order valence-corrected chi connectivity index (χ1v) is 14.5. The van der Waals surface area contributed by atoms with E-state index in [-0.39, 0.29) is 36.1 Å². The molecular weight excluding hydrogens is 635 g/mol. The molecule has 5 rings (SSSR count). The summed E-state index contributed by atoms with van der Waals surface area (Å²) in [6.45, 7) is 2.17. The largest absolute Gasteiger partial charge is 0.493 e. The zero-order chi connectivity index (χ0) is 33.1. The van der Waals surface area contributed by atoms with Gasteiger partial charge in [-0.05, 0) is 54.4 Å². The summed E-state index contributed by atoms with van der Waals surface area (Å²) in [6.07, 6.45) is 1.53. The number of nitrogens with zero attached hydrogens (tertiary/aromatic N) is 7. The molecule has 0 fully saturated rings. The van der Waals surface area contributed by atoms with Crippen LogP contribution in [0.4, 0.5) is 5.82 Å². The topological polar surface area (TPSA) is 151 Å². The first-order chi connectivity index (χ1) is 22.1. The van der Waals surface area contributed by atoms with E-state index in [1.165, 1.54) is 32.0 Å². The van der Waals surface area contributed by atoms with Gasteiger partial charge in [0.2, 0.25) is 0 Å². The number of halogens is 2. The van der Waals surface area contributed by atoms with E-state index in [4.69, 9.17) is 37.4 Å². The van der Waals surface area contributed by atoms with Crippen LogP contribution in [-0.2, 0) is 32.0 Å². The molecule has 2 aromatic carbocycles. The van der Waals surface area contributed by atoms with E-state index < -0.39 is 11.2 Å². The Balaban J connectivity index is 1.50. The third-order valence-electron chi connectivity index (χ3n) is 7.07. The molecule has 0 aliphatic rings. The van der Waals surface area contributed by atoms with Gasteiger partial charge < -0.3 is 14.2 Å². The van der Waals surface area contributed by atoms with Crippen LogP contribution in [0, 0.1) is 18.3 Å². The fourth-order valence-electron chi connectivity index (χ4n) is 4.80. The van der Waals surface area contributed by atoms with E-state index in [1.807, 2.05) is 6.92 Å². The molecule has 3 aromatic heterocycles. The highest BCUT2D eigenvalue weighted by Crippen LogP contribution is 2.34. The lowest BCUT2D eigenvalue weighted by molar-refractivity contribution is 0.184. The van der Waals surface area contributed by atoms with E-state index >= 15 is 0 Å². The Morgan fingerprint density at radius 3 is 2.50 bits per heavy atom. The van der Waals surface area contributed by atoms with E-state index in [0.29, 0.717) is 49.6 Å². The molecule has 0 radical (unpaired) electrons. The lowest BCUT2D eigenvalue weighted by Crippen LogP contribution is -2.37. The minimum absolute atomic E-state index is 0.0297. The van der Waals surface area contributed by atoms with Crippen LogP contribution in [0.5, 0.6) is 17.5 Å². The number of rotatable bonds is 10. The van der Waals surface area contributed by atoms with Crippen LogP contribution >= 0.6 is 23.2 Å². The number of hydrazone groups is 1. The Labute approximate surface area is 272 Å². The van der Waals surface area contributed by atoms with E-state index in [2.05, 4.69) is 26.6 Å². The third-order valence-corrected chi connectivity index (χ3v) is 7.66. The number of imidazole rings is 1. The second-order valence-electron chi connectivity index (χ2n) is 10.2. The number of methoxy groups -OCH3 is 2. The monoisotopic (exact) mass is 662 g/mol. The number of benzene rings is 2. The van der Waals surface area contributed by atoms with Crippen LogP contribution < -0.4 is 26.1 Å². The van der Waals surface area contributed by atoms with Gasteiger partial charge in [-0.2, -0.15) is 15.3 Å². The maximum atomic E-state index is 13.3. The van der Waals surface area contributed by atoms with Gasteiger partial charge in [0.1, 0.15) is 11.6 Å². The van der Waals surface area contributed by atoms with E-state index in [0.717, 1.165) is 4.57 Å². The lowest BCUT2D eigenvalue weighted by atomic mass is 10.1. The van der Waals surface area contributed by atoms with Crippen LogP contribution in [0.1, 0.15) is 27.9 Å². The van der Waals surface area contributed by atoms with Crippen molar-refractivity contribution >= 4 is 46.4 Å². The van der Waals surface area contributed by atoms with Gasteiger partial charge in [-0.25, -0.2) is 9.78 Å². The SMILES string of the molecule is COCc1cc(C)nc(NN=Cc2ccc(Oc3nc4c(c(=O)n(C)c(=O)n4C)n3Cc3ccc(Cl)cc3Cl)c(OC)c2)c1C#N. The number of aryl methyl sites for hydroxylation is 2. The molecule has 0 atom stereocenters. The van der Waals surface area contributed by atoms with Crippen LogP contribution in [0.3, 0.4) is 0 Å². The summed E-state index contributed by atoms with van der Waals surface area (Å²) in [6, 6.07) is 14.0. The molecule has 46 heavy (non-hydrogen) atoms. The van der Waals surface area contributed by atoms with Gasteiger partial charge in [0.15, 0.2) is 28.5 Å². The third kappa shape index (κ3) is 6.32. The molecule has 13 nitrogen and oxygen atoms in total. The minimum Gasteiger partial charge on any atom is -0.493 e.